The number of rotatable bonds is 5. The number of methoxy groups -OCH3 is 1. The summed E-state index contributed by atoms with van der Waals surface area (Å²) in [4.78, 5) is 27.2. The standard InChI is InChI=1S/C16H20N2O4S/c1-3-4-5-12-10-13(15(23-12)16(20)21-2)17-11-14(19)18-6-8-22-9-7-18/h10,17H,5-9,11H2,1-2H3. The lowest BCUT2D eigenvalue weighted by Gasteiger charge is -2.27. The third kappa shape index (κ3) is 4.71. The van der Waals surface area contributed by atoms with Gasteiger partial charge < -0.3 is 19.7 Å². The first-order valence-corrected chi connectivity index (χ1v) is 8.17. The summed E-state index contributed by atoms with van der Waals surface area (Å²) in [6, 6.07) is 1.86. The van der Waals surface area contributed by atoms with Gasteiger partial charge in [0.15, 0.2) is 0 Å². The summed E-state index contributed by atoms with van der Waals surface area (Å²) in [5.74, 6) is 5.38. The van der Waals surface area contributed by atoms with Crippen LogP contribution in [0.3, 0.4) is 0 Å². The van der Waals surface area contributed by atoms with Crippen molar-refractivity contribution in [1.29, 1.82) is 0 Å². The second-order valence-corrected chi connectivity index (χ2v) is 6.03. The Hall–Kier alpha value is -2.04. The van der Waals surface area contributed by atoms with Crippen LogP contribution in [0, 0.1) is 11.8 Å². The molecule has 0 bridgehead atoms. The number of morpholine rings is 1. The summed E-state index contributed by atoms with van der Waals surface area (Å²) in [5, 5.41) is 3.05. The molecule has 0 aromatic carbocycles. The van der Waals surface area contributed by atoms with Gasteiger partial charge in [-0.3, -0.25) is 4.79 Å². The van der Waals surface area contributed by atoms with E-state index in [0.29, 0.717) is 43.3 Å². The van der Waals surface area contributed by atoms with Crippen molar-refractivity contribution < 1.29 is 19.1 Å². The Morgan fingerprint density at radius 1 is 1.43 bits per heavy atom. The Morgan fingerprint density at radius 2 is 2.17 bits per heavy atom. The van der Waals surface area contributed by atoms with Crippen molar-refractivity contribution in [3.05, 3.63) is 15.8 Å². The van der Waals surface area contributed by atoms with Crippen LogP contribution in [0.25, 0.3) is 0 Å². The second kappa shape index (κ2) is 8.56. The highest BCUT2D eigenvalue weighted by molar-refractivity contribution is 7.14. The highest BCUT2D eigenvalue weighted by Crippen LogP contribution is 2.28. The van der Waals surface area contributed by atoms with E-state index in [0.717, 1.165) is 4.88 Å². The van der Waals surface area contributed by atoms with Crippen molar-refractivity contribution >= 4 is 28.9 Å². The number of anilines is 1. The first-order chi connectivity index (χ1) is 11.2. The van der Waals surface area contributed by atoms with E-state index in [4.69, 9.17) is 9.47 Å². The fourth-order valence-corrected chi connectivity index (χ4v) is 3.17. The lowest BCUT2D eigenvalue weighted by molar-refractivity contribution is -0.133. The molecule has 7 heteroatoms. The van der Waals surface area contributed by atoms with E-state index in [1.165, 1.54) is 18.4 Å². The van der Waals surface area contributed by atoms with Crippen LogP contribution in [0.5, 0.6) is 0 Å². The number of amides is 1. The maximum absolute atomic E-state index is 12.2. The van der Waals surface area contributed by atoms with Crippen LogP contribution in [0.1, 0.15) is 21.5 Å². The predicted octanol–water partition coefficient (Wildman–Crippen LogP) is 1.37. The van der Waals surface area contributed by atoms with Gasteiger partial charge in [0, 0.05) is 24.4 Å². The number of thiophene rings is 1. The van der Waals surface area contributed by atoms with Crippen LogP contribution in [0.2, 0.25) is 0 Å². The van der Waals surface area contributed by atoms with Crippen molar-refractivity contribution in [2.24, 2.45) is 0 Å². The first kappa shape index (κ1) is 17.3. The van der Waals surface area contributed by atoms with E-state index in [1.807, 2.05) is 6.07 Å². The van der Waals surface area contributed by atoms with Crippen LogP contribution in [0.4, 0.5) is 5.69 Å². The van der Waals surface area contributed by atoms with Crippen molar-refractivity contribution in [3.63, 3.8) is 0 Å². The van der Waals surface area contributed by atoms with E-state index < -0.39 is 5.97 Å². The number of hydrogen-bond acceptors (Lipinski definition) is 6. The Morgan fingerprint density at radius 3 is 2.83 bits per heavy atom. The summed E-state index contributed by atoms with van der Waals surface area (Å²) in [6.45, 7) is 4.25. The average molecular weight is 336 g/mol. The molecular formula is C16H20N2O4S. The molecule has 1 aliphatic rings. The molecule has 0 radical (unpaired) electrons. The van der Waals surface area contributed by atoms with Crippen LogP contribution in [-0.2, 0) is 20.7 Å². The lowest BCUT2D eigenvalue weighted by Crippen LogP contribution is -2.43. The highest BCUT2D eigenvalue weighted by Gasteiger charge is 2.20. The largest absolute Gasteiger partial charge is 0.465 e. The van der Waals surface area contributed by atoms with Crippen molar-refractivity contribution in [1.82, 2.24) is 4.90 Å². The molecule has 1 N–H and O–H groups in total. The van der Waals surface area contributed by atoms with Gasteiger partial charge in [0.2, 0.25) is 5.91 Å². The van der Waals surface area contributed by atoms with Gasteiger partial charge in [-0.05, 0) is 13.0 Å². The van der Waals surface area contributed by atoms with Gasteiger partial charge in [0.05, 0.1) is 32.6 Å². The molecule has 0 aliphatic carbocycles. The topological polar surface area (TPSA) is 67.9 Å². The van der Waals surface area contributed by atoms with Gasteiger partial charge in [-0.25, -0.2) is 4.79 Å². The van der Waals surface area contributed by atoms with Gasteiger partial charge in [0.25, 0.3) is 0 Å². The molecule has 1 aromatic rings. The molecule has 2 rings (SSSR count). The molecule has 0 spiro atoms. The predicted molar refractivity (Wildman–Crippen MR) is 88.7 cm³/mol. The fraction of sp³-hybridized carbons (Fsp3) is 0.500. The third-order valence-corrected chi connectivity index (χ3v) is 4.50. The maximum atomic E-state index is 12.2. The van der Waals surface area contributed by atoms with Crippen molar-refractivity contribution in [3.8, 4) is 11.8 Å². The molecule has 23 heavy (non-hydrogen) atoms. The van der Waals surface area contributed by atoms with Gasteiger partial charge in [-0.15, -0.1) is 17.3 Å². The van der Waals surface area contributed by atoms with Crippen LogP contribution >= 0.6 is 11.3 Å². The van der Waals surface area contributed by atoms with Gasteiger partial charge >= 0.3 is 5.97 Å². The van der Waals surface area contributed by atoms with Gasteiger partial charge in [0.1, 0.15) is 4.88 Å². The molecule has 1 amide bonds. The number of ether oxygens (including phenoxy) is 2. The zero-order valence-electron chi connectivity index (χ0n) is 13.3. The fourth-order valence-electron chi connectivity index (χ4n) is 2.18. The SMILES string of the molecule is CC#CCc1cc(NCC(=O)N2CCOCC2)c(C(=O)OC)s1. The van der Waals surface area contributed by atoms with E-state index in [9.17, 15) is 9.59 Å². The molecule has 2 heterocycles. The zero-order chi connectivity index (χ0) is 16.7. The number of nitrogens with one attached hydrogen (secondary N) is 1. The molecule has 1 aliphatic heterocycles. The molecule has 6 nitrogen and oxygen atoms in total. The Balaban J connectivity index is 2.04. The smallest absolute Gasteiger partial charge is 0.350 e. The minimum Gasteiger partial charge on any atom is -0.465 e. The monoisotopic (exact) mass is 336 g/mol. The normalized spacial score (nSPS) is 13.9. The molecule has 0 atom stereocenters. The Kier molecular flexibility index (Phi) is 6.44. The second-order valence-electron chi connectivity index (χ2n) is 4.90. The van der Waals surface area contributed by atoms with Crippen LogP contribution in [-0.4, -0.2) is 56.7 Å². The summed E-state index contributed by atoms with van der Waals surface area (Å²) in [5.41, 5.74) is 0.622. The van der Waals surface area contributed by atoms with Crippen LogP contribution < -0.4 is 5.32 Å². The highest BCUT2D eigenvalue weighted by atomic mass is 32.1. The van der Waals surface area contributed by atoms with Crippen molar-refractivity contribution in [2.75, 3.05) is 45.3 Å². The molecule has 124 valence electrons. The lowest BCUT2D eigenvalue weighted by atomic mass is 10.3. The first-order valence-electron chi connectivity index (χ1n) is 7.35. The number of hydrogen-bond donors (Lipinski definition) is 1. The van der Waals surface area contributed by atoms with Gasteiger partial charge in [-0.1, -0.05) is 5.92 Å². The maximum Gasteiger partial charge on any atom is 0.350 e. The minimum atomic E-state index is -0.410. The summed E-state index contributed by atoms with van der Waals surface area (Å²) in [7, 11) is 1.34. The average Bonchev–Trinajstić information content (AvgIpc) is 3.01. The van der Waals surface area contributed by atoms with Gasteiger partial charge in [-0.2, -0.15) is 0 Å². The molecule has 1 fully saturated rings. The number of nitrogens with zero attached hydrogens (tertiary/aromatic N) is 1. The Labute approximate surface area is 139 Å². The molecule has 0 saturated carbocycles. The quantitative estimate of drug-likeness (QED) is 0.650. The minimum absolute atomic E-state index is 0.00906. The number of esters is 1. The summed E-state index contributed by atoms with van der Waals surface area (Å²) < 4.78 is 10.0. The van der Waals surface area contributed by atoms with E-state index in [1.54, 1.807) is 11.8 Å². The van der Waals surface area contributed by atoms with E-state index in [-0.39, 0.29) is 12.5 Å². The summed E-state index contributed by atoms with van der Waals surface area (Å²) in [6.07, 6.45) is 0.574. The van der Waals surface area contributed by atoms with E-state index in [2.05, 4.69) is 17.2 Å². The molecular weight excluding hydrogens is 316 g/mol. The number of carbonyl (C=O) groups is 2. The molecule has 1 aromatic heterocycles. The Bertz CT molecular complexity index is 624. The molecule has 1 saturated heterocycles. The van der Waals surface area contributed by atoms with Crippen molar-refractivity contribution in [2.45, 2.75) is 13.3 Å². The molecule has 0 unspecified atom stereocenters. The summed E-state index contributed by atoms with van der Waals surface area (Å²) >= 11 is 1.33. The van der Waals surface area contributed by atoms with Crippen LogP contribution in [0.15, 0.2) is 6.07 Å². The zero-order valence-corrected chi connectivity index (χ0v) is 14.1. The third-order valence-electron chi connectivity index (χ3n) is 3.39. The van der Waals surface area contributed by atoms with E-state index >= 15 is 0 Å². The number of carbonyl (C=O) groups excluding carboxylic acids is 2.